The van der Waals surface area contributed by atoms with Crippen LogP contribution in [-0.2, 0) is 11.3 Å². The van der Waals surface area contributed by atoms with Crippen LogP contribution in [0.4, 0.5) is 4.79 Å². The van der Waals surface area contributed by atoms with E-state index in [2.05, 4.69) is 32.0 Å². The number of carbonyl (C=O) groups excluding carboxylic acids is 1. The SMILES string of the molecule is N#CC1CC(c2nc(Br)n3ccncc23)CCN1C(=O)OCc1ccccc1. The van der Waals surface area contributed by atoms with Crippen molar-refractivity contribution in [3.05, 3.63) is 64.9 Å². The maximum Gasteiger partial charge on any atom is 0.411 e. The van der Waals surface area contributed by atoms with Crippen molar-refractivity contribution in [2.75, 3.05) is 6.54 Å². The van der Waals surface area contributed by atoms with Gasteiger partial charge in [-0.1, -0.05) is 30.3 Å². The lowest BCUT2D eigenvalue weighted by Gasteiger charge is -2.34. The van der Waals surface area contributed by atoms with Crippen LogP contribution in [-0.4, -0.2) is 37.9 Å². The predicted molar refractivity (Wildman–Crippen MR) is 105 cm³/mol. The Morgan fingerprint density at radius 1 is 1.36 bits per heavy atom. The first-order chi connectivity index (χ1) is 13.7. The first-order valence-corrected chi connectivity index (χ1v) is 9.81. The highest BCUT2D eigenvalue weighted by molar-refractivity contribution is 9.10. The van der Waals surface area contributed by atoms with E-state index in [1.807, 2.05) is 40.9 Å². The topological polar surface area (TPSA) is 83.5 Å². The number of piperidine rings is 1. The van der Waals surface area contributed by atoms with Crippen LogP contribution in [0, 0.1) is 11.3 Å². The minimum absolute atomic E-state index is 0.0772. The number of fused-ring (bicyclic) bond motifs is 1. The molecule has 142 valence electrons. The molecular formula is C20H18BrN5O2. The Labute approximate surface area is 170 Å². The summed E-state index contributed by atoms with van der Waals surface area (Å²) in [5, 5.41) is 9.63. The number of halogens is 1. The highest BCUT2D eigenvalue weighted by Crippen LogP contribution is 2.34. The minimum Gasteiger partial charge on any atom is -0.445 e. The standard InChI is InChI=1S/C20H18BrN5O2/c21-19-24-18(17-12-23-7-9-26(17)19)15-6-8-25(16(10-15)11-22)20(27)28-13-14-4-2-1-3-5-14/h1-5,7,9,12,15-16H,6,8,10,13H2. The molecule has 7 nitrogen and oxygen atoms in total. The van der Waals surface area contributed by atoms with Gasteiger partial charge in [0.2, 0.25) is 0 Å². The minimum atomic E-state index is -0.547. The van der Waals surface area contributed by atoms with E-state index in [0.717, 1.165) is 16.8 Å². The van der Waals surface area contributed by atoms with E-state index in [1.54, 1.807) is 12.4 Å². The first-order valence-electron chi connectivity index (χ1n) is 9.01. The fraction of sp³-hybridized carbons (Fsp3) is 0.300. The third-order valence-corrected chi connectivity index (χ3v) is 5.57. The van der Waals surface area contributed by atoms with Gasteiger partial charge in [-0.25, -0.2) is 9.78 Å². The molecule has 3 aromatic rings. The Kier molecular flexibility index (Phi) is 5.26. The Morgan fingerprint density at radius 3 is 2.96 bits per heavy atom. The van der Waals surface area contributed by atoms with E-state index in [-0.39, 0.29) is 12.5 Å². The number of benzene rings is 1. The van der Waals surface area contributed by atoms with Gasteiger partial charge in [-0.2, -0.15) is 5.26 Å². The van der Waals surface area contributed by atoms with Crippen molar-refractivity contribution in [3.8, 4) is 6.07 Å². The summed E-state index contributed by atoms with van der Waals surface area (Å²) in [6.45, 7) is 0.648. The van der Waals surface area contributed by atoms with Gasteiger partial charge in [-0.15, -0.1) is 0 Å². The Balaban J connectivity index is 1.46. The molecule has 0 N–H and O–H groups in total. The smallest absolute Gasteiger partial charge is 0.411 e. The van der Waals surface area contributed by atoms with Crippen LogP contribution in [0.1, 0.15) is 30.0 Å². The summed E-state index contributed by atoms with van der Waals surface area (Å²) < 4.78 is 8.04. The van der Waals surface area contributed by atoms with Gasteiger partial charge in [0.05, 0.1) is 23.5 Å². The molecular weight excluding hydrogens is 422 g/mol. The number of nitrogens with zero attached hydrogens (tertiary/aromatic N) is 5. The lowest BCUT2D eigenvalue weighted by Crippen LogP contribution is -2.45. The van der Waals surface area contributed by atoms with Crippen molar-refractivity contribution in [2.24, 2.45) is 0 Å². The molecule has 8 heteroatoms. The van der Waals surface area contributed by atoms with E-state index >= 15 is 0 Å². The summed E-state index contributed by atoms with van der Waals surface area (Å²) >= 11 is 3.47. The number of hydrogen-bond donors (Lipinski definition) is 0. The van der Waals surface area contributed by atoms with Gasteiger partial charge in [-0.05, 0) is 34.3 Å². The molecule has 3 heterocycles. The van der Waals surface area contributed by atoms with Crippen molar-refractivity contribution in [1.82, 2.24) is 19.3 Å². The molecule has 1 fully saturated rings. The van der Waals surface area contributed by atoms with E-state index in [0.29, 0.717) is 24.1 Å². The Morgan fingerprint density at radius 2 is 2.18 bits per heavy atom. The van der Waals surface area contributed by atoms with Crippen LogP contribution in [0.15, 0.2) is 53.7 Å². The number of nitriles is 1. The zero-order valence-electron chi connectivity index (χ0n) is 15.0. The molecule has 0 spiro atoms. The summed E-state index contributed by atoms with van der Waals surface area (Å²) in [5.74, 6) is 0.0772. The molecule has 1 aliphatic rings. The Bertz CT molecular complexity index is 1030. The average molecular weight is 440 g/mol. The molecule has 1 aromatic carbocycles. The van der Waals surface area contributed by atoms with Crippen LogP contribution in [0.3, 0.4) is 0 Å². The second kappa shape index (κ2) is 7.98. The predicted octanol–water partition coefficient (Wildman–Crippen LogP) is 3.90. The van der Waals surface area contributed by atoms with Crippen LogP contribution in [0.5, 0.6) is 0 Å². The van der Waals surface area contributed by atoms with E-state index < -0.39 is 12.1 Å². The molecule has 2 unspecified atom stereocenters. The second-order valence-corrected chi connectivity index (χ2v) is 7.41. The number of amides is 1. The highest BCUT2D eigenvalue weighted by atomic mass is 79.9. The van der Waals surface area contributed by atoms with Crippen LogP contribution < -0.4 is 0 Å². The van der Waals surface area contributed by atoms with Gasteiger partial charge in [0.15, 0.2) is 4.73 Å². The normalized spacial score (nSPS) is 19.4. The van der Waals surface area contributed by atoms with Crippen molar-refractivity contribution in [3.63, 3.8) is 0 Å². The van der Waals surface area contributed by atoms with Crippen molar-refractivity contribution >= 4 is 27.5 Å². The fourth-order valence-electron chi connectivity index (χ4n) is 3.58. The molecule has 1 aliphatic heterocycles. The van der Waals surface area contributed by atoms with Gasteiger partial charge < -0.3 is 4.74 Å². The molecule has 0 aliphatic carbocycles. The average Bonchev–Trinajstić information content (AvgIpc) is 3.09. The molecule has 2 atom stereocenters. The quantitative estimate of drug-likeness (QED) is 0.617. The molecule has 1 amide bonds. The first kappa shape index (κ1) is 18.4. The third-order valence-electron chi connectivity index (χ3n) is 5.01. The van der Waals surface area contributed by atoms with E-state index in [4.69, 9.17) is 4.74 Å². The lowest BCUT2D eigenvalue weighted by atomic mass is 9.88. The zero-order chi connectivity index (χ0) is 19.5. The van der Waals surface area contributed by atoms with Gasteiger partial charge in [0.25, 0.3) is 0 Å². The maximum atomic E-state index is 12.5. The molecule has 2 aromatic heterocycles. The second-order valence-electron chi connectivity index (χ2n) is 6.70. The summed E-state index contributed by atoms with van der Waals surface area (Å²) in [7, 11) is 0. The molecule has 1 saturated heterocycles. The number of rotatable bonds is 3. The highest BCUT2D eigenvalue weighted by Gasteiger charge is 2.35. The number of ether oxygens (including phenoxy) is 1. The van der Waals surface area contributed by atoms with Crippen LogP contribution in [0.25, 0.3) is 5.52 Å². The summed E-state index contributed by atoms with van der Waals surface area (Å²) in [5.41, 5.74) is 2.73. The molecule has 28 heavy (non-hydrogen) atoms. The number of likely N-dealkylation sites (tertiary alicyclic amines) is 1. The van der Waals surface area contributed by atoms with Gasteiger partial charge in [0.1, 0.15) is 12.6 Å². The van der Waals surface area contributed by atoms with Crippen molar-refractivity contribution in [2.45, 2.75) is 31.4 Å². The molecule has 4 rings (SSSR count). The largest absolute Gasteiger partial charge is 0.445 e. The molecule has 0 saturated carbocycles. The van der Waals surface area contributed by atoms with Crippen LogP contribution in [0.2, 0.25) is 0 Å². The van der Waals surface area contributed by atoms with Crippen LogP contribution >= 0.6 is 15.9 Å². The van der Waals surface area contributed by atoms with Gasteiger partial charge >= 0.3 is 6.09 Å². The van der Waals surface area contributed by atoms with Crippen molar-refractivity contribution in [1.29, 1.82) is 5.26 Å². The van der Waals surface area contributed by atoms with E-state index in [9.17, 15) is 10.1 Å². The summed E-state index contributed by atoms with van der Waals surface area (Å²) in [6, 6.07) is 11.2. The number of hydrogen-bond acceptors (Lipinski definition) is 5. The number of carbonyl (C=O) groups is 1. The monoisotopic (exact) mass is 439 g/mol. The number of aromatic nitrogens is 3. The zero-order valence-corrected chi connectivity index (χ0v) is 16.6. The summed E-state index contributed by atoms with van der Waals surface area (Å²) in [4.78, 5) is 22.8. The molecule has 0 bridgehead atoms. The molecule has 0 radical (unpaired) electrons. The number of imidazole rings is 1. The fourth-order valence-corrected chi connectivity index (χ4v) is 4.08. The maximum absolute atomic E-state index is 12.5. The van der Waals surface area contributed by atoms with Gasteiger partial charge in [0, 0.05) is 24.9 Å². The van der Waals surface area contributed by atoms with E-state index in [1.165, 1.54) is 4.90 Å². The Hall–Kier alpha value is -2.92. The third kappa shape index (κ3) is 3.58. The summed E-state index contributed by atoms with van der Waals surface area (Å²) in [6.07, 6.45) is 6.10. The van der Waals surface area contributed by atoms with Crippen molar-refractivity contribution < 1.29 is 9.53 Å². The lowest BCUT2D eigenvalue weighted by molar-refractivity contribution is 0.0755. The van der Waals surface area contributed by atoms with Gasteiger partial charge in [-0.3, -0.25) is 14.3 Å².